The SMILES string of the molecule is c1cc2ccc(CNc3cnc4ccc(N5CCC6(CCNCC6)CC5)nc4n3)cc2[nH]1. The molecule has 0 amide bonds. The summed E-state index contributed by atoms with van der Waals surface area (Å²) in [6.07, 6.45) is 8.89. The van der Waals surface area contributed by atoms with Gasteiger partial charge in [0.15, 0.2) is 5.65 Å². The molecule has 1 spiro atoms. The summed E-state index contributed by atoms with van der Waals surface area (Å²) in [5.74, 6) is 1.77. The van der Waals surface area contributed by atoms with Crippen LogP contribution < -0.4 is 15.5 Å². The Morgan fingerprint density at radius 2 is 1.84 bits per heavy atom. The molecule has 0 atom stereocenters. The van der Waals surface area contributed by atoms with Crippen molar-refractivity contribution < 1.29 is 0 Å². The van der Waals surface area contributed by atoms with Gasteiger partial charge >= 0.3 is 0 Å². The standard InChI is InChI=1S/C25H29N7/c1-2-19-5-10-27-21(19)15-18(1)16-29-22-17-28-20-3-4-23(31-24(20)30-22)32-13-8-25(9-14-32)6-11-26-12-7-25/h1-5,10,15,17,26-27H,6-9,11-14,16H2,(H,29,30,31). The molecule has 3 aromatic heterocycles. The Kier molecular flexibility index (Phi) is 4.91. The van der Waals surface area contributed by atoms with Gasteiger partial charge in [0.25, 0.3) is 0 Å². The molecule has 5 heterocycles. The zero-order chi connectivity index (χ0) is 21.4. The first-order valence-electron chi connectivity index (χ1n) is 11.7. The molecule has 0 saturated carbocycles. The van der Waals surface area contributed by atoms with E-state index in [1.165, 1.54) is 49.7 Å². The molecule has 0 radical (unpaired) electrons. The molecule has 2 fully saturated rings. The maximum absolute atomic E-state index is 4.88. The number of nitrogens with zero attached hydrogens (tertiary/aromatic N) is 4. The van der Waals surface area contributed by atoms with Crippen molar-refractivity contribution in [3.05, 3.63) is 54.4 Å². The van der Waals surface area contributed by atoms with E-state index >= 15 is 0 Å². The summed E-state index contributed by atoms with van der Waals surface area (Å²) in [6.45, 7) is 5.17. The Labute approximate surface area is 187 Å². The van der Waals surface area contributed by atoms with Crippen molar-refractivity contribution in [1.82, 2.24) is 25.3 Å². The van der Waals surface area contributed by atoms with E-state index in [0.717, 1.165) is 35.8 Å². The number of aromatic amines is 1. The molecular formula is C25H29N7. The van der Waals surface area contributed by atoms with Crippen molar-refractivity contribution >= 4 is 33.7 Å². The van der Waals surface area contributed by atoms with E-state index in [-0.39, 0.29) is 0 Å². The number of H-pyrrole nitrogens is 1. The number of nitrogens with one attached hydrogen (secondary N) is 3. The predicted octanol–water partition coefficient (Wildman–Crippen LogP) is 4.09. The molecule has 3 N–H and O–H groups in total. The van der Waals surface area contributed by atoms with Crippen molar-refractivity contribution in [2.75, 3.05) is 36.4 Å². The first-order valence-corrected chi connectivity index (χ1v) is 11.7. The molecule has 2 saturated heterocycles. The lowest BCUT2D eigenvalue weighted by atomic mass is 9.71. The number of aromatic nitrogens is 4. The van der Waals surface area contributed by atoms with E-state index in [9.17, 15) is 0 Å². The van der Waals surface area contributed by atoms with Gasteiger partial charge in [0.1, 0.15) is 17.2 Å². The van der Waals surface area contributed by atoms with Crippen molar-refractivity contribution in [3.8, 4) is 0 Å². The monoisotopic (exact) mass is 427 g/mol. The molecule has 6 rings (SSSR count). The summed E-state index contributed by atoms with van der Waals surface area (Å²) in [7, 11) is 0. The average molecular weight is 428 g/mol. The van der Waals surface area contributed by atoms with Crippen LogP contribution in [0.5, 0.6) is 0 Å². The van der Waals surface area contributed by atoms with Crippen LogP contribution in [0.3, 0.4) is 0 Å². The fourth-order valence-corrected chi connectivity index (χ4v) is 5.21. The Morgan fingerprint density at radius 3 is 2.72 bits per heavy atom. The molecule has 0 aliphatic carbocycles. The van der Waals surface area contributed by atoms with Crippen LogP contribution in [-0.4, -0.2) is 46.1 Å². The molecule has 164 valence electrons. The molecule has 32 heavy (non-hydrogen) atoms. The van der Waals surface area contributed by atoms with E-state index in [1.54, 1.807) is 6.20 Å². The molecule has 2 aliphatic heterocycles. The second-order valence-electron chi connectivity index (χ2n) is 9.26. The van der Waals surface area contributed by atoms with Gasteiger partial charge in [-0.1, -0.05) is 12.1 Å². The Hall–Kier alpha value is -3.19. The summed E-state index contributed by atoms with van der Waals surface area (Å²) in [6, 6.07) is 12.7. The minimum Gasteiger partial charge on any atom is -0.365 e. The number of benzene rings is 1. The maximum atomic E-state index is 4.88. The number of rotatable bonds is 4. The van der Waals surface area contributed by atoms with Crippen molar-refractivity contribution in [1.29, 1.82) is 0 Å². The number of fused-ring (bicyclic) bond motifs is 2. The number of hydrogen-bond donors (Lipinski definition) is 3. The highest BCUT2D eigenvalue weighted by Crippen LogP contribution is 2.40. The lowest BCUT2D eigenvalue weighted by molar-refractivity contribution is 0.154. The second-order valence-corrected chi connectivity index (χ2v) is 9.26. The topological polar surface area (TPSA) is 81.8 Å². The van der Waals surface area contributed by atoms with Crippen LogP contribution in [0, 0.1) is 5.41 Å². The van der Waals surface area contributed by atoms with E-state index in [2.05, 4.69) is 55.8 Å². The molecule has 2 aliphatic rings. The van der Waals surface area contributed by atoms with Crippen LogP contribution in [0.1, 0.15) is 31.2 Å². The van der Waals surface area contributed by atoms with Gasteiger partial charge in [0.2, 0.25) is 0 Å². The predicted molar refractivity (Wildman–Crippen MR) is 129 cm³/mol. The summed E-state index contributed by atoms with van der Waals surface area (Å²) < 4.78 is 0. The number of pyridine rings is 1. The van der Waals surface area contributed by atoms with Gasteiger partial charge in [0.05, 0.1) is 6.20 Å². The molecule has 7 nitrogen and oxygen atoms in total. The minimum atomic E-state index is 0.540. The highest BCUT2D eigenvalue weighted by Gasteiger charge is 2.35. The van der Waals surface area contributed by atoms with Crippen LogP contribution in [0.15, 0.2) is 48.8 Å². The van der Waals surface area contributed by atoms with Gasteiger partial charge in [0, 0.05) is 31.3 Å². The molecular weight excluding hydrogens is 398 g/mol. The van der Waals surface area contributed by atoms with E-state index in [4.69, 9.17) is 9.97 Å². The summed E-state index contributed by atoms with van der Waals surface area (Å²) in [4.78, 5) is 19.9. The highest BCUT2D eigenvalue weighted by molar-refractivity contribution is 5.80. The number of piperidine rings is 2. The van der Waals surface area contributed by atoms with Gasteiger partial charge < -0.3 is 20.5 Å². The molecule has 1 aromatic carbocycles. The molecule has 7 heteroatoms. The van der Waals surface area contributed by atoms with Crippen LogP contribution in [0.2, 0.25) is 0 Å². The Bertz CT molecular complexity index is 1230. The van der Waals surface area contributed by atoms with Gasteiger partial charge in [-0.3, -0.25) is 0 Å². The lowest BCUT2D eigenvalue weighted by Crippen LogP contribution is -2.45. The smallest absolute Gasteiger partial charge is 0.182 e. The maximum Gasteiger partial charge on any atom is 0.182 e. The molecule has 4 aromatic rings. The van der Waals surface area contributed by atoms with Crippen LogP contribution in [0.25, 0.3) is 22.1 Å². The normalized spacial score (nSPS) is 18.4. The van der Waals surface area contributed by atoms with Gasteiger partial charge in [-0.15, -0.1) is 0 Å². The average Bonchev–Trinajstić information content (AvgIpc) is 3.31. The zero-order valence-corrected chi connectivity index (χ0v) is 18.3. The summed E-state index contributed by atoms with van der Waals surface area (Å²) >= 11 is 0. The largest absolute Gasteiger partial charge is 0.365 e. The first-order chi connectivity index (χ1) is 15.8. The third-order valence-corrected chi connectivity index (χ3v) is 7.30. The highest BCUT2D eigenvalue weighted by atomic mass is 15.2. The quantitative estimate of drug-likeness (QED) is 0.455. The fraction of sp³-hybridized carbons (Fsp3) is 0.400. The number of anilines is 2. The van der Waals surface area contributed by atoms with E-state index in [1.807, 2.05) is 12.3 Å². The van der Waals surface area contributed by atoms with Crippen LogP contribution in [0.4, 0.5) is 11.6 Å². The third kappa shape index (κ3) is 3.77. The second kappa shape index (κ2) is 8.06. The van der Waals surface area contributed by atoms with Crippen LogP contribution >= 0.6 is 0 Å². The van der Waals surface area contributed by atoms with Crippen LogP contribution in [-0.2, 0) is 6.54 Å². The van der Waals surface area contributed by atoms with Crippen molar-refractivity contribution in [3.63, 3.8) is 0 Å². The molecule has 0 unspecified atom stereocenters. The zero-order valence-electron chi connectivity index (χ0n) is 18.3. The summed E-state index contributed by atoms with van der Waals surface area (Å²) in [5.41, 5.74) is 4.42. The minimum absolute atomic E-state index is 0.540. The number of hydrogen-bond acceptors (Lipinski definition) is 6. The van der Waals surface area contributed by atoms with Crippen molar-refractivity contribution in [2.45, 2.75) is 32.2 Å². The first kappa shape index (κ1) is 19.5. The van der Waals surface area contributed by atoms with Gasteiger partial charge in [-0.05, 0) is 79.4 Å². The lowest BCUT2D eigenvalue weighted by Gasteiger charge is -2.44. The van der Waals surface area contributed by atoms with E-state index < -0.39 is 0 Å². The van der Waals surface area contributed by atoms with E-state index in [0.29, 0.717) is 17.6 Å². The van der Waals surface area contributed by atoms with Gasteiger partial charge in [-0.2, -0.15) is 0 Å². The summed E-state index contributed by atoms with van der Waals surface area (Å²) in [5, 5.41) is 8.13. The molecule has 0 bridgehead atoms. The fourth-order valence-electron chi connectivity index (χ4n) is 5.21. The van der Waals surface area contributed by atoms with Gasteiger partial charge in [-0.25, -0.2) is 15.0 Å². The van der Waals surface area contributed by atoms with Crippen molar-refractivity contribution in [2.24, 2.45) is 5.41 Å². The third-order valence-electron chi connectivity index (χ3n) is 7.30. The Balaban J connectivity index is 1.16. The Morgan fingerprint density at radius 1 is 0.969 bits per heavy atom.